The maximum atomic E-state index is 12.6. The summed E-state index contributed by atoms with van der Waals surface area (Å²) in [7, 11) is 2.93. The molecule has 7 nitrogen and oxygen atoms in total. The lowest BCUT2D eigenvalue weighted by atomic mass is 10.1. The zero-order chi connectivity index (χ0) is 23.4. The normalized spacial score (nSPS) is 14.0. The van der Waals surface area contributed by atoms with Gasteiger partial charge in [-0.25, -0.2) is 14.6 Å². The second-order valence-electron chi connectivity index (χ2n) is 6.85. The lowest BCUT2D eigenvalue weighted by molar-refractivity contribution is -0.129. The van der Waals surface area contributed by atoms with E-state index in [4.69, 9.17) is 30.5 Å². The van der Waals surface area contributed by atoms with Gasteiger partial charge in [-0.05, 0) is 54.1 Å². The van der Waals surface area contributed by atoms with Gasteiger partial charge in [0.25, 0.3) is 0 Å². The highest BCUT2D eigenvalue weighted by Gasteiger charge is 2.24. The molecule has 0 bridgehead atoms. The van der Waals surface area contributed by atoms with E-state index in [2.05, 4.69) is 4.99 Å². The lowest BCUT2D eigenvalue weighted by Gasteiger charge is -2.11. The van der Waals surface area contributed by atoms with Crippen LogP contribution in [-0.2, 0) is 9.53 Å². The van der Waals surface area contributed by atoms with Gasteiger partial charge in [-0.1, -0.05) is 35.9 Å². The molecule has 0 saturated carbocycles. The van der Waals surface area contributed by atoms with Crippen LogP contribution in [-0.4, -0.2) is 32.1 Å². The van der Waals surface area contributed by atoms with Crippen molar-refractivity contribution in [1.82, 2.24) is 0 Å². The summed E-state index contributed by atoms with van der Waals surface area (Å²) in [5.41, 5.74) is 1.60. The molecular formula is C25H18ClNO6. The van der Waals surface area contributed by atoms with Gasteiger partial charge in [0.15, 0.2) is 17.2 Å². The molecule has 1 heterocycles. The van der Waals surface area contributed by atoms with Gasteiger partial charge in [-0.15, -0.1) is 0 Å². The molecule has 3 aromatic rings. The third-order valence-electron chi connectivity index (χ3n) is 4.71. The molecule has 0 N–H and O–H groups in total. The topological polar surface area (TPSA) is 83.4 Å². The minimum atomic E-state index is -0.591. The summed E-state index contributed by atoms with van der Waals surface area (Å²) >= 11 is 6.00. The average molecular weight is 464 g/mol. The smallest absolute Gasteiger partial charge is 0.363 e. The lowest BCUT2D eigenvalue weighted by Crippen LogP contribution is -2.10. The highest BCUT2D eigenvalue weighted by atomic mass is 35.5. The number of para-hydroxylation sites is 1. The molecule has 0 fully saturated rings. The van der Waals surface area contributed by atoms with E-state index in [0.717, 1.165) is 0 Å². The Morgan fingerprint density at radius 2 is 1.73 bits per heavy atom. The molecule has 1 aliphatic rings. The number of carbonyl (C=O) groups excluding carboxylic acids is 2. The highest BCUT2D eigenvalue weighted by molar-refractivity contribution is 6.31. The summed E-state index contributed by atoms with van der Waals surface area (Å²) < 4.78 is 21.3. The van der Waals surface area contributed by atoms with E-state index >= 15 is 0 Å². The Morgan fingerprint density at radius 1 is 0.939 bits per heavy atom. The second-order valence-corrected chi connectivity index (χ2v) is 7.28. The van der Waals surface area contributed by atoms with Crippen LogP contribution in [0.1, 0.15) is 21.5 Å². The largest absolute Gasteiger partial charge is 0.496 e. The summed E-state index contributed by atoms with van der Waals surface area (Å²) in [5, 5.41) is 0.506. The Balaban J connectivity index is 1.58. The third kappa shape index (κ3) is 4.88. The van der Waals surface area contributed by atoms with E-state index in [-0.39, 0.29) is 22.9 Å². The predicted octanol–water partition coefficient (Wildman–Crippen LogP) is 4.92. The number of hydrogen-bond donors (Lipinski definition) is 0. The summed E-state index contributed by atoms with van der Waals surface area (Å²) in [4.78, 5) is 29.2. The number of methoxy groups -OCH3 is 2. The van der Waals surface area contributed by atoms with Crippen LogP contribution in [0.2, 0.25) is 5.02 Å². The van der Waals surface area contributed by atoms with E-state index in [0.29, 0.717) is 27.6 Å². The van der Waals surface area contributed by atoms with E-state index in [1.807, 2.05) is 0 Å². The molecule has 0 aliphatic carbocycles. The minimum absolute atomic E-state index is 0.116. The number of carbonyl (C=O) groups is 2. The number of esters is 2. The highest BCUT2D eigenvalue weighted by Crippen LogP contribution is 2.31. The van der Waals surface area contributed by atoms with Gasteiger partial charge < -0.3 is 18.9 Å². The summed E-state index contributed by atoms with van der Waals surface area (Å²) in [6.45, 7) is 0. The molecule has 0 spiro atoms. The summed E-state index contributed by atoms with van der Waals surface area (Å²) in [6.07, 6.45) is 1.55. The average Bonchev–Trinajstić information content (AvgIpc) is 3.20. The molecule has 0 saturated heterocycles. The number of rotatable bonds is 6. The van der Waals surface area contributed by atoms with Crippen LogP contribution in [0.15, 0.2) is 77.4 Å². The fourth-order valence-corrected chi connectivity index (χ4v) is 3.33. The van der Waals surface area contributed by atoms with Crippen LogP contribution < -0.4 is 14.2 Å². The maximum absolute atomic E-state index is 12.6. The second kappa shape index (κ2) is 9.58. The van der Waals surface area contributed by atoms with Crippen LogP contribution in [0, 0.1) is 0 Å². The van der Waals surface area contributed by atoms with Crippen LogP contribution in [0.25, 0.3) is 6.08 Å². The molecule has 0 radical (unpaired) electrons. The van der Waals surface area contributed by atoms with E-state index in [1.165, 1.54) is 14.2 Å². The van der Waals surface area contributed by atoms with Crippen LogP contribution in [0.3, 0.4) is 0 Å². The van der Waals surface area contributed by atoms with Crippen LogP contribution >= 0.6 is 11.6 Å². The zero-order valence-corrected chi connectivity index (χ0v) is 18.5. The number of halogens is 1. The van der Waals surface area contributed by atoms with Crippen LogP contribution in [0.4, 0.5) is 0 Å². The summed E-state index contributed by atoms with van der Waals surface area (Å²) in [5.74, 6) is -0.0905. The Morgan fingerprint density at radius 3 is 2.48 bits per heavy atom. The molecule has 166 valence electrons. The van der Waals surface area contributed by atoms with E-state index in [9.17, 15) is 9.59 Å². The van der Waals surface area contributed by atoms with Crippen molar-refractivity contribution in [2.45, 2.75) is 0 Å². The quantitative estimate of drug-likeness (QED) is 0.293. The van der Waals surface area contributed by atoms with Gasteiger partial charge in [0.05, 0.1) is 14.2 Å². The van der Waals surface area contributed by atoms with Gasteiger partial charge >= 0.3 is 11.9 Å². The molecular weight excluding hydrogens is 446 g/mol. The molecule has 8 heteroatoms. The van der Waals surface area contributed by atoms with Crippen molar-refractivity contribution in [1.29, 1.82) is 0 Å². The third-order valence-corrected chi connectivity index (χ3v) is 4.95. The Labute approximate surface area is 194 Å². The van der Waals surface area contributed by atoms with E-state index < -0.39 is 11.9 Å². The monoisotopic (exact) mass is 463 g/mol. The van der Waals surface area contributed by atoms with E-state index in [1.54, 1.807) is 72.8 Å². The molecule has 0 unspecified atom stereocenters. The molecule has 4 rings (SSSR count). The van der Waals surface area contributed by atoms with Crippen molar-refractivity contribution in [2.75, 3.05) is 14.2 Å². The first-order valence-corrected chi connectivity index (χ1v) is 10.2. The molecule has 0 aromatic heterocycles. The Bertz CT molecular complexity index is 1300. The Hall–Kier alpha value is -4.10. The predicted molar refractivity (Wildman–Crippen MR) is 123 cm³/mol. The van der Waals surface area contributed by atoms with Crippen molar-refractivity contribution >= 4 is 35.5 Å². The zero-order valence-electron chi connectivity index (χ0n) is 17.7. The number of nitrogens with zero attached hydrogens (tertiary/aromatic N) is 1. The van der Waals surface area contributed by atoms with Crippen molar-refractivity contribution in [3.8, 4) is 17.2 Å². The summed E-state index contributed by atoms with van der Waals surface area (Å²) in [6, 6.07) is 18.5. The standard InChI is InChI=1S/C25H18ClNO6/c1-30-20-9-4-3-8-18(20)24(28)32-21-11-10-15(13-22(21)31-2)12-19-25(29)33-23(27-19)16-6-5-7-17(26)14-16/h3-14H,1-2H3. The number of ether oxygens (including phenoxy) is 4. The fraction of sp³-hybridized carbons (Fsp3) is 0.0800. The molecule has 0 amide bonds. The van der Waals surface area contributed by atoms with Gasteiger partial charge in [0.1, 0.15) is 11.3 Å². The SMILES string of the molecule is COc1cc(C=C2N=C(c3cccc(Cl)c3)OC2=O)ccc1OC(=O)c1ccccc1OC. The first-order chi connectivity index (χ1) is 16.0. The fourth-order valence-electron chi connectivity index (χ4n) is 3.14. The number of benzene rings is 3. The van der Waals surface area contributed by atoms with Crippen molar-refractivity contribution < 1.29 is 28.5 Å². The maximum Gasteiger partial charge on any atom is 0.363 e. The molecule has 33 heavy (non-hydrogen) atoms. The molecule has 0 atom stereocenters. The van der Waals surface area contributed by atoms with Crippen molar-refractivity contribution in [3.63, 3.8) is 0 Å². The Kier molecular flexibility index (Phi) is 6.42. The molecule has 1 aliphatic heterocycles. The van der Waals surface area contributed by atoms with Crippen molar-refractivity contribution in [2.24, 2.45) is 4.99 Å². The van der Waals surface area contributed by atoms with Gasteiger partial charge in [-0.3, -0.25) is 0 Å². The first-order valence-electron chi connectivity index (χ1n) is 9.80. The van der Waals surface area contributed by atoms with Gasteiger partial charge in [-0.2, -0.15) is 0 Å². The number of cyclic esters (lactones) is 1. The van der Waals surface area contributed by atoms with Crippen molar-refractivity contribution in [3.05, 3.63) is 94.1 Å². The van der Waals surface area contributed by atoms with Crippen LogP contribution in [0.5, 0.6) is 17.2 Å². The first kappa shape index (κ1) is 22.1. The number of hydrogen-bond acceptors (Lipinski definition) is 7. The van der Waals surface area contributed by atoms with Gasteiger partial charge in [0.2, 0.25) is 5.90 Å². The minimum Gasteiger partial charge on any atom is -0.496 e. The molecule has 3 aromatic carbocycles. The number of aliphatic imine (C=N–C) groups is 1. The van der Waals surface area contributed by atoms with Gasteiger partial charge in [0, 0.05) is 10.6 Å².